The maximum atomic E-state index is 13.2. The van der Waals surface area contributed by atoms with Gasteiger partial charge in [-0.15, -0.1) is 5.10 Å². The number of phosphoric ester groups is 2. The summed E-state index contributed by atoms with van der Waals surface area (Å²) >= 11 is 0. The van der Waals surface area contributed by atoms with E-state index in [2.05, 4.69) is 30.2 Å². The zero-order chi connectivity index (χ0) is 31.8. The number of rotatable bonds is 2. The Bertz CT molecular complexity index is 1940. The van der Waals surface area contributed by atoms with E-state index in [1.807, 2.05) is 0 Å². The summed E-state index contributed by atoms with van der Waals surface area (Å²) < 4.78 is 60.7. The monoisotopic (exact) mass is 674 g/mol. The first-order valence-electron chi connectivity index (χ1n) is 13.0. The Hall–Kier alpha value is -3.44. The summed E-state index contributed by atoms with van der Waals surface area (Å²) in [5.41, 5.74) is 11.0. The molecule has 2 unspecified atom stereocenters. The number of aliphatic hydroxyl groups is 2. The fourth-order valence-electron chi connectivity index (χ4n) is 5.25. The average Bonchev–Trinajstić information content (AvgIpc) is 3.72. The lowest BCUT2D eigenvalue weighted by Crippen LogP contribution is -2.36. The van der Waals surface area contributed by atoms with Crippen molar-refractivity contribution in [3.63, 3.8) is 0 Å². The van der Waals surface area contributed by atoms with Gasteiger partial charge in [0.05, 0.1) is 25.2 Å². The van der Waals surface area contributed by atoms with Gasteiger partial charge in [-0.25, -0.2) is 19.1 Å². The Balaban J connectivity index is 1.21. The Labute approximate surface area is 248 Å². The summed E-state index contributed by atoms with van der Waals surface area (Å²) in [6, 6.07) is 1.47. The standard InChI is InChI=1S/C20H24N10O13P2/c21-6-1-2-23-15-9(6)27-28-30(15)18-12(32)13-8(41-18)4-39-45(36,37)43-14-11(31)7(3-38-44(34,35)42-13)40-19(14)29-5-24-10-16(29)25-20(22)26-17(10)33/h1-2,5,7-8,11-14,18-19,31-32H,3-4H2,(H2,21,23)(H,34,35)(H,36,37)(H3,22,25,26,33)/t7-,8-,11-,12-,13-,14-,18-,19-/m1/s1. The Morgan fingerprint density at radius 1 is 0.911 bits per heavy atom. The second-order valence-electron chi connectivity index (χ2n) is 10.2. The van der Waals surface area contributed by atoms with E-state index in [0.29, 0.717) is 0 Å². The topological polar surface area (TPSA) is 330 Å². The Morgan fingerprint density at radius 2 is 1.60 bits per heavy atom. The molecule has 7 heterocycles. The van der Waals surface area contributed by atoms with Crippen LogP contribution < -0.4 is 17.0 Å². The highest BCUT2D eigenvalue weighted by atomic mass is 31.2. The summed E-state index contributed by atoms with van der Waals surface area (Å²) in [4.78, 5) is 47.9. The molecule has 2 bridgehead atoms. The van der Waals surface area contributed by atoms with Gasteiger partial charge < -0.3 is 40.9 Å². The second-order valence-corrected chi connectivity index (χ2v) is 13.0. The second kappa shape index (κ2) is 10.8. The van der Waals surface area contributed by atoms with Crippen molar-refractivity contribution < 1.29 is 56.7 Å². The van der Waals surface area contributed by atoms with Gasteiger partial charge in [-0.05, 0) is 6.07 Å². The summed E-state index contributed by atoms with van der Waals surface area (Å²) in [5.74, 6) is -0.286. The van der Waals surface area contributed by atoms with Crippen LogP contribution in [-0.2, 0) is 36.7 Å². The molecule has 10 atom stereocenters. The van der Waals surface area contributed by atoms with Crippen molar-refractivity contribution >= 4 is 49.6 Å². The molecule has 0 radical (unpaired) electrons. The first-order chi connectivity index (χ1) is 21.3. The first-order valence-corrected chi connectivity index (χ1v) is 16.0. The van der Waals surface area contributed by atoms with Crippen molar-refractivity contribution in [3.05, 3.63) is 28.9 Å². The molecule has 3 aliphatic rings. The van der Waals surface area contributed by atoms with Crippen molar-refractivity contribution in [2.45, 2.75) is 49.1 Å². The SMILES string of the molecule is Nc1nc2c(ncn2[C@@H]2O[C@@H]3COP(=O)(O)O[C@H]4[C@@H](O)[C@H](n5nnc6c(N)ccnc65)O[C@@H]4COP(=O)(O)O[C@@H]2[C@@H]3O)c(=O)[nH]1. The number of nitrogens with two attached hydrogens (primary N) is 2. The molecule has 45 heavy (non-hydrogen) atoms. The van der Waals surface area contributed by atoms with Crippen LogP contribution in [0.2, 0.25) is 0 Å². The van der Waals surface area contributed by atoms with E-state index in [0.717, 1.165) is 15.6 Å². The third kappa shape index (κ3) is 5.31. The quantitative estimate of drug-likeness (QED) is 0.109. The molecule has 25 heteroatoms. The molecule has 242 valence electrons. The Kier molecular flexibility index (Phi) is 7.27. The number of phosphoric acid groups is 2. The summed E-state index contributed by atoms with van der Waals surface area (Å²) in [5, 5.41) is 29.9. The summed E-state index contributed by atoms with van der Waals surface area (Å²) in [6.45, 7) is -1.67. The number of nitrogen functional groups attached to an aromatic ring is 2. The van der Waals surface area contributed by atoms with Crippen LogP contribution in [-0.4, -0.2) is 109 Å². The van der Waals surface area contributed by atoms with Crippen molar-refractivity contribution in [2.75, 3.05) is 24.7 Å². The highest BCUT2D eigenvalue weighted by molar-refractivity contribution is 7.47. The number of hydrogen-bond acceptors (Lipinski definition) is 18. The number of fused-ring (bicyclic) bond motifs is 5. The smallest absolute Gasteiger partial charge is 0.397 e. The molecule has 4 aromatic heterocycles. The van der Waals surface area contributed by atoms with E-state index in [1.165, 1.54) is 12.3 Å². The highest BCUT2D eigenvalue weighted by Gasteiger charge is 2.54. The van der Waals surface area contributed by atoms with Crippen molar-refractivity contribution in [3.8, 4) is 0 Å². The van der Waals surface area contributed by atoms with Crippen LogP contribution in [0.15, 0.2) is 23.4 Å². The van der Waals surface area contributed by atoms with Gasteiger partial charge in [-0.3, -0.25) is 32.4 Å². The van der Waals surface area contributed by atoms with E-state index in [9.17, 15) is 33.9 Å². The van der Waals surface area contributed by atoms with Crippen LogP contribution in [0.25, 0.3) is 22.3 Å². The molecule has 7 rings (SSSR count). The zero-order valence-corrected chi connectivity index (χ0v) is 24.2. The number of nitrogens with zero attached hydrogens (tertiary/aromatic N) is 7. The van der Waals surface area contributed by atoms with Crippen LogP contribution in [0.4, 0.5) is 11.6 Å². The lowest BCUT2D eigenvalue weighted by atomic mass is 10.1. The number of pyridine rings is 1. The number of anilines is 2. The van der Waals surface area contributed by atoms with Crippen LogP contribution in [0.5, 0.6) is 0 Å². The van der Waals surface area contributed by atoms with Crippen molar-refractivity contribution in [1.82, 2.24) is 39.5 Å². The molecule has 0 aliphatic carbocycles. The average molecular weight is 674 g/mol. The van der Waals surface area contributed by atoms with Gasteiger partial charge in [0.1, 0.15) is 36.6 Å². The third-order valence-electron chi connectivity index (χ3n) is 7.30. The third-order valence-corrected chi connectivity index (χ3v) is 9.27. The van der Waals surface area contributed by atoms with Gasteiger partial charge in [0.15, 0.2) is 34.8 Å². The molecule has 9 N–H and O–H groups in total. The van der Waals surface area contributed by atoms with Gasteiger partial charge in [0.25, 0.3) is 5.56 Å². The van der Waals surface area contributed by atoms with E-state index < -0.39 is 83.5 Å². The lowest BCUT2D eigenvalue weighted by molar-refractivity contribution is -0.0691. The predicted octanol–water partition coefficient (Wildman–Crippen LogP) is -2.34. The molecule has 0 amide bonds. The van der Waals surface area contributed by atoms with E-state index in [1.54, 1.807) is 0 Å². The van der Waals surface area contributed by atoms with Crippen LogP contribution in [0.1, 0.15) is 12.5 Å². The van der Waals surface area contributed by atoms with Crippen molar-refractivity contribution in [2.24, 2.45) is 0 Å². The number of aromatic nitrogens is 8. The molecule has 3 fully saturated rings. The number of nitrogens with one attached hydrogen (secondary N) is 1. The number of ether oxygens (including phenoxy) is 2. The number of imidazole rings is 1. The molecular weight excluding hydrogens is 650 g/mol. The minimum atomic E-state index is -5.12. The Morgan fingerprint density at radius 3 is 2.36 bits per heavy atom. The maximum absolute atomic E-state index is 13.2. The predicted molar refractivity (Wildman–Crippen MR) is 143 cm³/mol. The molecule has 0 spiro atoms. The van der Waals surface area contributed by atoms with E-state index >= 15 is 0 Å². The molecule has 0 saturated carbocycles. The van der Waals surface area contributed by atoms with Crippen LogP contribution in [0.3, 0.4) is 0 Å². The molecule has 3 saturated heterocycles. The van der Waals surface area contributed by atoms with Gasteiger partial charge in [0.2, 0.25) is 5.95 Å². The van der Waals surface area contributed by atoms with Gasteiger partial charge >= 0.3 is 15.6 Å². The zero-order valence-electron chi connectivity index (χ0n) is 22.4. The molecule has 0 aromatic carbocycles. The minimum absolute atomic E-state index is 0.0902. The number of aliphatic hydroxyl groups excluding tert-OH is 2. The molecule has 23 nitrogen and oxygen atoms in total. The number of aromatic amines is 1. The van der Waals surface area contributed by atoms with Crippen molar-refractivity contribution in [1.29, 1.82) is 0 Å². The molecular formula is C20H24N10O13P2. The lowest BCUT2D eigenvalue weighted by Gasteiger charge is -2.25. The highest BCUT2D eigenvalue weighted by Crippen LogP contribution is 2.53. The van der Waals surface area contributed by atoms with Crippen LogP contribution in [0, 0.1) is 0 Å². The maximum Gasteiger partial charge on any atom is 0.472 e. The van der Waals surface area contributed by atoms with Gasteiger partial charge in [-0.1, -0.05) is 5.21 Å². The number of hydrogen-bond donors (Lipinski definition) is 7. The van der Waals surface area contributed by atoms with Gasteiger partial charge in [-0.2, -0.15) is 9.67 Å². The minimum Gasteiger partial charge on any atom is -0.397 e. The fraction of sp³-hybridized carbons (Fsp3) is 0.500. The normalized spacial score (nSPS) is 37.7. The largest absolute Gasteiger partial charge is 0.472 e. The van der Waals surface area contributed by atoms with E-state index in [-0.39, 0.29) is 34.0 Å². The molecule has 4 aromatic rings. The molecule has 3 aliphatic heterocycles. The fourth-order valence-corrected chi connectivity index (χ4v) is 7.14. The van der Waals surface area contributed by atoms with Crippen LogP contribution >= 0.6 is 15.6 Å². The summed E-state index contributed by atoms with van der Waals surface area (Å²) in [7, 11) is -10.2. The van der Waals surface area contributed by atoms with Gasteiger partial charge in [0, 0.05) is 6.20 Å². The first kappa shape index (κ1) is 30.2. The van der Waals surface area contributed by atoms with E-state index in [4.69, 9.17) is 39.0 Å². The summed E-state index contributed by atoms with van der Waals surface area (Å²) in [6.07, 6.45) is -10.4. The number of H-pyrrole nitrogens is 1.